The Morgan fingerprint density at radius 3 is 2.83 bits per heavy atom. The summed E-state index contributed by atoms with van der Waals surface area (Å²) in [6.07, 6.45) is 3.35. The molecule has 0 bridgehead atoms. The molecule has 1 fully saturated rings. The van der Waals surface area contributed by atoms with Crippen LogP contribution in [-0.4, -0.2) is 42.8 Å². The zero-order valence-electron chi connectivity index (χ0n) is 13.8. The van der Waals surface area contributed by atoms with Crippen molar-refractivity contribution >= 4 is 32.9 Å². The summed E-state index contributed by atoms with van der Waals surface area (Å²) in [5, 5.41) is 10.3. The summed E-state index contributed by atoms with van der Waals surface area (Å²) in [6, 6.07) is 5.58. The van der Waals surface area contributed by atoms with Gasteiger partial charge < -0.3 is 19.2 Å². The number of ether oxygens (including phenoxy) is 1. The van der Waals surface area contributed by atoms with Gasteiger partial charge in [-0.25, -0.2) is 4.79 Å². The zero-order chi connectivity index (χ0) is 17.1. The van der Waals surface area contributed by atoms with E-state index in [4.69, 9.17) is 9.15 Å². The predicted octanol–water partition coefficient (Wildman–Crippen LogP) is 4.14. The molecule has 1 aromatic heterocycles. The second-order valence-electron chi connectivity index (χ2n) is 6.44. The van der Waals surface area contributed by atoms with Crippen molar-refractivity contribution in [2.45, 2.75) is 25.8 Å². The fourth-order valence-electron chi connectivity index (χ4n) is 3.24. The van der Waals surface area contributed by atoms with Gasteiger partial charge >= 0.3 is 5.97 Å². The Morgan fingerprint density at radius 1 is 1.38 bits per heavy atom. The van der Waals surface area contributed by atoms with E-state index in [0.29, 0.717) is 18.0 Å². The van der Waals surface area contributed by atoms with Gasteiger partial charge in [0.1, 0.15) is 5.58 Å². The molecule has 0 aliphatic carbocycles. The highest BCUT2D eigenvalue weighted by molar-refractivity contribution is 9.10. The molecule has 0 saturated carbocycles. The predicted molar refractivity (Wildman–Crippen MR) is 95.4 cm³/mol. The zero-order valence-corrected chi connectivity index (χ0v) is 15.3. The highest BCUT2D eigenvalue weighted by Gasteiger charge is 2.22. The van der Waals surface area contributed by atoms with Gasteiger partial charge in [0.2, 0.25) is 5.76 Å². The molecule has 2 aromatic rings. The van der Waals surface area contributed by atoms with Crippen LogP contribution in [0, 0.1) is 5.92 Å². The van der Waals surface area contributed by atoms with Crippen molar-refractivity contribution in [3.05, 3.63) is 34.0 Å². The molecule has 3 rings (SSSR count). The Kier molecular flexibility index (Phi) is 5.58. The molecule has 0 spiro atoms. The highest BCUT2D eigenvalue weighted by Crippen LogP contribution is 2.30. The minimum Gasteiger partial charge on any atom is -0.475 e. The van der Waals surface area contributed by atoms with Gasteiger partial charge in [0.25, 0.3) is 0 Å². The number of carboxylic acid groups (broad SMARTS) is 1. The second-order valence-corrected chi connectivity index (χ2v) is 7.35. The monoisotopic (exact) mass is 395 g/mol. The van der Waals surface area contributed by atoms with Crippen LogP contribution in [-0.2, 0) is 11.3 Å². The largest absolute Gasteiger partial charge is 0.475 e. The van der Waals surface area contributed by atoms with E-state index in [1.54, 1.807) is 6.07 Å². The Morgan fingerprint density at radius 2 is 2.12 bits per heavy atom. The van der Waals surface area contributed by atoms with E-state index in [0.717, 1.165) is 54.4 Å². The standard InChI is InChI=1S/C18H22BrNO4/c1-20(7-4-12-5-8-23-9-6-12)11-15-14-10-13(19)2-3-16(14)24-17(15)18(21)22/h2-3,10,12H,4-9,11H2,1H3,(H,21,22). The molecule has 2 heterocycles. The van der Waals surface area contributed by atoms with Crippen LogP contribution in [0.1, 0.15) is 35.4 Å². The van der Waals surface area contributed by atoms with E-state index >= 15 is 0 Å². The number of hydrogen-bond acceptors (Lipinski definition) is 4. The number of benzene rings is 1. The van der Waals surface area contributed by atoms with Crippen molar-refractivity contribution in [2.24, 2.45) is 5.92 Å². The topological polar surface area (TPSA) is 62.9 Å². The lowest BCUT2D eigenvalue weighted by molar-refractivity contribution is 0.0605. The number of rotatable bonds is 6. The molecule has 1 saturated heterocycles. The minimum absolute atomic E-state index is 0.0426. The van der Waals surface area contributed by atoms with Crippen LogP contribution in [0.3, 0.4) is 0 Å². The molecule has 1 aliphatic heterocycles. The molecule has 1 aromatic carbocycles. The second kappa shape index (κ2) is 7.68. The third kappa shape index (κ3) is 3.99. The summed E-state index contributed by atoms with van der Waals surface area (Å²) >= 11 is 3.45. The van der Waals surface area contributed by atoms with Crippen LogP contribution in [0.25, 0.3) is 11.0 Å². The van der Waals surface area contributed by atoms with Gasteiger partial charge in [-0.15, -0.1) is 0 Å². The molecule has 0 amide bonds. The van der Waals surface area contributed by atoms with Gasteiger partial charge in [0, 0.05) is 35.2 Å². The van der Waals surface area contributed by atoms with Crippen molar-refractivity contribution in [1.82, 2.24) is 4.90 Å². The SMILES string of the molecule is CN(CCC1CCOCC1)Cc1c(C(=O)O)oc2ccc(Br)cc12. The number of furan rings is 1. The van der Waals surface area contributed by atoms with Crippen molar-refractivity contribution in [1.29, 1.82) is 0 Å². The van der Waals surface area contributed by atoms with Crippen molar-refractivity contribution in [3.63, 3.8) is 0 Å². The van der Waals surface area contributed by atoms with Crippen molar-refractivity contribution in [3.8, 4) is 0 Å². The van der Waals surface area contributed by atoms with Crippen LogP contribution in [0.2, 0.25) is 0 Å². The van der Waals surface area contributed by atoms with Gasteiger partial charge in [-0.3, -0.25) is 0 Å². The fraction of sp³-hybridized carbons (Fsp3) is 0.500. The number of fused-ring (bicyclic) bond motifs is 1. The molecule has 24 heavy (non-hydrogen) atoms. The number of carbonyl (C=O) groups is 1. The van der Waals surface area contributed by atoms with Crippen LogP contribution >= 0.6 is 15.9 Å². The lowest BCUT2D eigenvalue weighted by atomic mass is 9.96. The van der Waals surface area contributed by atoms with E-state index in [1.807, 2.05) is 19.2 Å². The van der Waals surface area contributed by atoms with E-state index in [9.17, 15) is 9.90 Å². The molecular formula is C18H22BrNO4. The van der Waals surface area contributed by atoms with Gasteiger partial charge in [0.15, 0.2) is 0 Å². The molecule has 0 unspecified atom stereocenters. The molecule has 5 nitrogen and oxygen atoms in total. The molecule has 130 valence electrons. The Bertz CT molecular complexity index is 721. The Labute approximate surface area is 149 Å². The quantitative estimate of drug-likeness (QED) is 0.795. The number of carboxylic acids is 1. The first-order chi connectivity index (χ1) is 11.5. The van der Waals surface area contributed by atoms with Crippen molar-refractivity contribution < 1.29 is 19.1 Å². The van der Waals surface area contributed by atoms with Crippen LogP contribution in [0.4, 0.5) is 0 Å². The first-order valence-corrected chi connectivity index (χ1v) is 9.04. The maximum Gasteiger partial charge on any atom is 0.372 e. The normalized spacial score (nSPS) is 16.1. The highest BCUT2D eigenvalue weighted by atomic mass is 79.9. The molecule has 1 aliphatic rings. The van der Waals surface area contributed by atoms with Crippen molar-refractivity contribution in [2.75, 3.05) is 26.8 Å². The number of hydrogen-bond donors (Lipinski definition) is 1. The fourth-order valence-corrected chi connectivity index (χ4v) is 3.60. The van der Waals surface area contributed by atoms with Gasteiger partial charge in [-0.1, -0.05) is 15.9 Å². The first kappa shape index (κ1) is 17.5. The van der Waals surface area contributed by atoms with Gasteiger partial charge in [-0.2, -0.15) is 0 Å². The van der Waals surface area contributed by atoms with E-state index in [-0.39, 0.29) is 5.76 Å². The molecule has 0 radical (unpaired) electrons. The number of aromatic carboxylic acids is 1. The molecule has 6 heteroatoms. The average molecular weight is 396 g/mol. The van der Waals surface area contributed by atoms with E-state index < -0.39 is 5.97 Å². The smallest absolute Gasteiger partial charge is 0.372 e. The third-order valence-corrected chi connectivity index (χ3v) is 5.13. The van der Waals surface area contributed by atoms with Crippen LogP contribution < -0.4 is 0 Å². The summed E-state index contributed by atoms with van der Waals surface area (Å²) in [7, 11) is 2.03. The Balaban J connectivity index is 1.74. The Hall–Kier alpha value is -1.37. The third-order valence-electron chi connectivity index (χ3n) is 4.64. The summed E-state index contributed by atoms with van der Waals surface area (Å²) in [5.41, 5.74) is 1.36. The van der Waals surface area contributed by atoms with Crippen LogP contribution in [0.5, 0.6) is 0 Å². The lowest BCUT2D eigenvalue weighted by Crippen LogP contribution is -2.24. The van der Waals surface area contributed by atoms with E-state index in [2.05, 4.69) is 20.8 Å². The minimum atomic E-state index is -1.02. The summed E-state index contributed by atoms with van der Waals surface area (Å²) in [6.45, 7) is 3.22. The van der Waals surface area contributed by atoms with Gasteiger partial charge in [-0.05, 0) is 57.0 Å². The average Bonchev–Trinajstić information content (AvgIpc) is 2.92. The van der Waals surface area contributed by atoms with E-state index in [1.165, 1.54) is 0 Å². The first-order valence-electron chi connectivity index (χ1n) is 8.25. The van der Waals surface area contributed by atoms with Gasteiger partial charge in [0.05, 0.1) is 0 Å². The summed E-state index contributed by atoms with van der Waals surface area (Å²) in [4.78, 5) is 13.7. The molecule has 0 atom stereocenters. The summed E-state index contributed by atoms with van der Waals surface area (Å²) in [5.74, 6) is -0.272. The van der Waals surface area contributed by atoms with Crippen LogP contribution in [0.15, 0.2) is 27.1 Å². The number of halogens is 1. The molecule has 1 N–H and O–H groups in total. The molecular weight excluding hydrogens is 374 g/mol. The summed E-state index contributed by atoms with van der Waals surface area (Å²) < 4.78 is 11.9. The maximum absolute atomic E-state index is 11.5. The lowest BCUT2D eigenvalue weighted by Gasteiger charge is -2.24. The number of nitrogens with zero attached hydrogens (tertiary/aromatic N) is 1. The maximum atomic E-state index is 11.5.